The zero-order valence-corrected chi connectivity index (χ0v) is 15.3. The van der Waals surface area contributed by atoms with Crippen LogP contribution in [0.4, 0.5) is 5.13 Å². The Morgan fingerprint density at radius 3 is 2.81 bits per heavy atom. The summed E-state index contributed by atoms with van der Waals surface area (Å²) in [6, 6.07) is 15.0. The highest BCUT2D eigenvalue weighted by Crippen LogP contribution is 2.26. The molecule has 0 spiro atoms. The number of thiazole rings is 1. The van der Waals surface area contributed by atoms with Crippen molar-refractivity contribution in [3.05, 3.63) is 65.0 Å². The Hall–Kier alpha value is -2.86. The number of nitrogens with zero attached hydrogens (tertiary/aromatic N) is 1. The minimum absolute atomic E-state index is 0.309. The lowest BCUT2D eigenvalue weighted by molar-refractivity contribution is 0.0505. The lowest BCUT2D eigenvalue weighted by Crippen LogP contribution is -2.06. The molecule has 2 N–H and O–H groups in total. The summed E-state index contributed by atoms with van der Waals surface area (Å²) in [4.78, 5) is 16.2. The first-order valence-corrected chi connectivity index (χ1v) is 9.24. The van der Waals surface area contributed by atoms with Gasteiger partial charge in [0.15, 0.2) is 5.13 Å². The number of rotatable bonds is 7. The number of ether oxygens (including phenoxy) is 2. The number of nitrogen functional groups attached to an aromatic ring is 1. The molecule has 0 saturated heterocycles. The predicted octanol–water partition coefficient (Wildman–Crippen LogP) is 4.54. The molecular formula is C20H20N2O3S. The van der Waals surface area contributed by atoms with Crippen LogP contribution in [-0.2, 0) is 11.3 Å². The number of carbonyl (C=O) groups is 1. The van der Waals surface area contributed by atoms with Gasteiger partial charge in [0, 0.05) is 10.9 Å². The maximum atomic E-state index is 12.0. The van der Waals surface area contributed by atoms with E-state index in [2.05, 4.69) is 4.98 Å². The molecule has 0 amide bonds. The van der Waals surface area contributed by atoms with Crippen LogP contribution < -0.4 is 10.5 Å². The minimum atomic E-state index is -0.309. The van der Waals surface area contributed by atoms with Crippen LogP contribution in [0, 0.1) is 0 Å². The van der Waals surface area contributed by atoms with E-state index in [1.807, 2.05) is 48.7 Å². The smallest absolute Gasteiger partial charge is 0.338 e. The van der Waals surface area contributed by atoms with Crippen LogP contribution in [0.5, 0.6) is 5.75 Å². The van der Waals surface area contributed by atoms with Crippen molar-refractivity contribution in [3.63, 3.8) is 0 Å². The van der Waals surface area contributed by atoms with E-state index in [9.17, 15) is 4.79 Å². The average Bonchev–Trinajstić information content (AvgIpc) is 3.11. The second kappa shape index (κ2) is 8.49. The lowest BCUT2D eigenvalue weighted by Gasteiger charge is -2.09. The molecule has 26 heavy (non-hydrogen) atoms. The van der Waals surface area contributed by atoms with Gasteiger partial charge in [-0.05, 0) is 36.2 Å². The molecule has 0 atom stereocenters. The number of hydrogen-bond donors (Lipinski definition) is 1. The van der Waals surface area contributed by atoms with E-state index in [1.165, 1.54) is 11.3 Å². The van der Waals surface area contributed by atoms with Gasteiger partial charge in [-0.3, -0.25) is 0 Å². The molecule has 134 valence electrons. The van der Waals surface area contributed by atoms with Crippen LogP contribution in [-0.4, -0.2) is 17.6 Å². The summed E-state index contributed by atoms with van der Waals surface area (Å²) in [6.45, 7) is 2.75. The standard InChI is InChI=1S/C20H20N2O3S/c1-2-9-24-19(23)16-7-3-5-14(10-16)12-25-17-8-4-6-15(11-17)18-13-26-20(21)22-18/h3-8,10-11,13H,2,9,12H2,1H3,(H2,21,22). The molecule has 0 unspecified atom stereocenters. The van der Waals surface area contributed by atoms with Crippen LogP contribution in [0.15, 0.2) is 53.9 Å². The van der Waals surface area contributed by atoms with E-state index in [0.717, 1.165) is 29.0 Å². The molecule has 0 aliphatic carbocycles. The van der Waals surface area contributed by atoms with Crippen molar-refractivity contribution in [2.45, 2.75) is 20.0 Å². The van der Waals surface area contributed by atoms with E-state index >= 15 is 0 Å². The van der Waals surface area contributed by atoms with Gasteiger partial charge in [-0.1, -0.05) is 31.2 Å². The molecule has 3 aromatic rings. The largest absolute Gasteiger partial charge is 0.489 e. The van der Waals surface area contributed by atoms with Gasteiger partial charge in [-0.25, -0.2) is 9.78 Å². The summed E-state index contributed by atoms with van der Waals surface area (Å²) >= 11 is 1.41. The maximum Gasteiger partial charge on any atom is 0.338 e. The zero-order valence-electron chi connectivity index (χ0n) is 14.5. The average molecular weight is 368 g/mol. The number of nitrogens with two attached hydrogens (primary N) is 1. The van der Waals surface area contributed by atoms with Gasteiger partial charge >= 0.3 is 5.97 Å². The maximum absolute atomic E-state index is 12.0. The second-order valence-corrected chi connectivity index (χ2v) is 6.61. The summed E-state index contributed by atoms with van der Waals surface area (Å²) in [7, 11) is 0. The van der Waals surface area contributed by atoms with Gasteiger partial charge in [0.25, 0.3) is 0 Å². The molecule has 0 radical (unpaired) electrons. The van der Waals surface area contributed by atoms with Crippen LogP contribution >= 0.6 is 11.3 Å². The highest BCUT2D eigenvalue weighted by atomic mass is 32.1. The van der Waals surface area contributed by atoms with Crippen molar-refractivity contribution in [2.75, 3.05) is 12.3 Å². The van der Waals surface area contributed by atoms with Gasteiger partial charge < -0.3 is 15.2 Å². The van der Waals surface area contributed by atoms with Crippen molar-refractivity contribution in [1.29, 1.82) is 0 Å². The van der Waals surface area contributed by atoms with Gasteiger partial charge in [0.2, 0.25) is 0 Å². The Bertz CT molecular complexity index is 892. The molecule has 0 aliphatic rings. The molecule has 0 fully saturated rings. The molecule has 1 heterocycles. The summed E-state index contributed by atoms with van der Waals surface area (Å²) in [5.41, 5.74) is 8.91. The Morgan fingerprint density at radius 1 is 1.19 bits per heavy atom. The SMILES string of the molecule is CCCOC(=O)c1cccc(COc2cccc(-c3csc(N)n3)c2)c1. The van der Waals surface area contributed by atoms with Crippen molar-refractivity contribution in [3.8, 4) is 17.0 Å². The van der Waals surface area contributed by atoms with E-state index < -0.39 is 0 Å². The van der Waals surface area contributed by atoms with Crippen molar-refractivity contribution >= 4 is 22.4 Å². The molecular weight excluding hydrogens is 348 g/mol. The molecule has 0 aliphatic heterocycles. The minimum Gasteiger partial charge on any atom is -0.489 e. The molecule has 6 heteroatoms. The highest BCUT2D eigenvalue weighted by Gasteiger charge is 2.08. The molecule has 0 bridgehead atoms. The molecule has 5 nitrogen and oxygen atoms in total. The number of hydrogen-bond acceptors (Lipinski definition) is 6. The Labute approximate surface area is 156 Å². The Kier molecular flexibility index (Phi) is 5.86. The van der Waals surface area contributed by atoms with Crippen LogP contribution in [0.25, 0.3) is 11.3 Å². The van der Waals surface area contributed by atoms with E-state index in [1.54, 1.807) is 12.1 Å². The van der Waals surface area contributed by atoms with E-state index in [0.29, 0.717) is 23.9 Å². The molecule has 2 aromatic carbocycles. The Morgan fingerprint density at radius 2 is 2.04 bits per heavy atom. The first-order valence-electron chi connectivity index (χ1n) is 8.36. The lowest BCUT2D eigenvalue weighted by atomic mass is 10.1. The van der Waals surface area contributed by atoms with Gasteiger partial charge in [0.05, 0.1) is 17.9 Å². The van der Waals surface area contributed by atoms with Crippen LogP contribution in [0.3, 0.4) is 0 Å². The number of benzene rings is 2. The van der Waals surface area contributed by atoms with Crippen molar-refractivity contribution < 1.29 is 14.3 Å². The molecule has 0 saturated carbocycles. The van der Waals surface area contributed by atoms with Crippen molar-refractivity contribution in [1.82, 2.24) is 4.98 Å². The quantitative estimate of drug-likeness (QED) is 0.620. The first kappa shape index (κ1) is 17.9. The molecule has 3 rings (SSSR count). The number of carbonyl (C=O) groups excluding carboxylic acids is 1. The second-order valence-electron chi connectivity index (χ2n) is 5.72. The van der Waals surface area contributed by atoms with E-state index in [-0.39, 0.29) is 5.97 Å². The normalized spacial score (nSPS) is 10.5. The zero-order chi connectivity index (χ0) is 18.4. The monoisotopic (exact) mass is 368 g/mol. The summed E-state index contributed by atoms with van der Waals surface area (Å²) in [6.07, 6.45) is 0.801. The third-order valence-corrected chi connectivity index (χ3v) is 4.33. The van der Waals surface area contributed by atoms with E-state index in [4.69, 9.17) is 15.2 Å². The summed E-state index contributed by atoms with van der Waals surface area (Å²) in [5.74, 6) is 0.421. The Balaban J connectivity index is 1.67. The topological polar surface area (TPSA) is 74.4 Å². The first-order chi connectivity index (χ1) is 12.7. The highest BCUT2D eigenvalue weighted by molar-refractivity contribution is 7.13. The van der Waals surface area contributed by atoms with Gasteiger partial charge in [-0.15, -0.1) is 11.3 Å². The van der Waals surface area contributed by atoms with Gasteiger partial charge in [0.1, 0.15) is 12.4 Å². The predicted molar refractivity (Wildman–Crippen MR) is 103 cm³/mol. The third kappa shape index (κ3) is 4.61. The number of aromatic nitrogens is 1. The van der Waals surface area contributed by atoms with Crippen molar-refractivity contribution in [2.24, 2.45) is 0 Å². The summed E-state index contributed by atoms with van der Waals surface area (Å²) in [5, 5.41) is 2.46. The fourth-order valence-corrected chi connectivity index (χ4v) is 2.97. The van der Waals surface area contributed by atoms with Crippen LogP contribution in [0.2, 0.25) is 0 Å². The third-order valence-electron chi connectivity index (χ3n) is 3.66. The fraction of sp³-hybridized carbons (Fsp3) is 0.200. The summed E-state index contributed by atoms with van der Waals surface area (Å²) < 4.78 is 11.0. The van der Waals surface area contributed by atoms with Crippen LogP contribution in [0.1, 0.15) is 29.3 Å². The molecule has 1 aromatic heterocycles. The number of esters is 1. The number of anilines is 1. The fourth-order valence-electron chi connectivity index (χ4n) is 2.40. The van der Waals surface area contributed by atoms with Gasteiger partial charge in [-0.2, -0.15) is 0 Å².